The zero-order valence-electron chi connectivity index (χ0n) is 18.3. The van der Waals surface area contributed by atoms with E-state index < -0.39 is 0 Å². The van der Waals surface area contributed by atoms with Crippen LogP contribution in [0.15, 0.2) is 48.5 Å². The Morgan fingerprint density at radius 1 is 1.06 bits per heavy atom. The molecular formula is C24H27ClFN5O. The first kappa shape index (κ1) is 22.3. The zero-order chi connectivity index (χ0) is 22.7. The van der Waals surface area contributed by atoms with Crippen molar-refractivity contribution in [3.05, 3.63) is 76.6 Å². The van der Waals surface area contributed by atoms with Gasteiger partial charge in [0.15, 0.2) is 5.82 Å². The number of amides is 1. The molecular weight excluding hydrogens is 429 g/mol. The van der Waals surface area contributed by atoms with Crippen LogP contribution < -0.4 is 10.2 Å². The Labute approximate surface area is 192 Å². The first-order valence-corrected chi connectivity index (χ1v) is 11.1. The molecule has 1 N–H and O–H groups in total. The smallest absolute Gasteiger partial charge is 0.271 e. The number of nitrogens with one attached hydrogen (secondary N) is 1. The summed E-state index contributed by atoms with van der Waals surface area (Å²) >= 11 is 5.91. The number of imidazole rings is 1. The third kappa shape index (κ3) is 4.64. The Kier molecular flexibility index (Phi) is 6.77. The van der Waals surface area contributed by atoms with Gasteiger partial charge in [0.1, 0.15) is 11.5 Å². The summed E-state index contributed by atoms with van der Waals surface area (Å²) in [5, 5.41) is 3.14. The highest BCUT2D eigenvalue weighted by atomic mass is 35.5. The lowest BCUT2D eigenvalue weighted by Gasteiger charge is -2.36. The van der Waals surface area contributed by atoms with E-state index in [0.29, 0.717) is 31.0 Å². The van der Waals surface area contributed by atoms with Gasteiger partial charge in [-0.2, -0.15) is 0 Å². The van der Waals surface area contributed by atoms with E-state index in [2.05, 4.69) is 15.2 Å². The molecule has 32 heavy (non-hydrogen) atoms. The Hall–Kier alpha value is -2.90. The molecule has 0 bridgehead atoms. The van der Waals surface area contributed by atoms with Crippen LogP contribution in [0.3, 0.4) is 0 Å². The lowest BCUT2D eigenvalue weighted by Crippen LogP contribution is -2.48. The fourth-order valence-electron chi connectivity index (χ4n) is 4.17. The largest absolute Gasteiger partial charge is 0.367 e. The highest BCUT2D eigenvalue weighted by Crippen LogP contribution is 2.26. The van der Waals surface area contributed by atoms with Gasteiger partial charge in [0, 0.05) is 45.0 Å². The number of anilines is 1. The predicted molar refractivity (Wildman–Crippen MR) is 125 cm³/mol. The van der Waals surface area contributed by atoms with Gasteiger partial charge < -0.3 is 14.8 Å². The molecule has 1 saturated heterocycles. The molecule has 168 valence electrons. The molecule has 0 saturated carbocycles. The summed E-state index contributed by atoms with van der Waals surface area (Å²) in [6, 6.07) is 15.0. The Bertz CT molecular complexity index is 1090. The highest BCUT2D eigenvalue weighted by Gasteiger charge is 2.21. The number of benzene rings is 2. The number of para-hydroxylation sites is 1. The minimum atomic E-state index is -0.365. The SMILES string of the molecule is Cc1nc(C(=O)NCCN2CCN(c3cccc(Cl)c3F)CC2)c(C)n1-c1ccccc1. The number of aromatic nitrogens is 2. The van der Waals surface area contributed by atoms with E-state index >= 15 is 0 Å². The van der Waals surface area contributed by atoms with Gasteiger partial charge in [-0.25, -0.2) is 9.37 Å². The van der Waals surface area contributed by atoms with Gasteiger partial charge in [-0.3, -0.25) is 9.69 Å². The molecule has 1 aliphatic rings. The Balaban J connectivity index is 1.29. The van der Waals surface area contributed by atoms with Crippen LogP contribution in [0.1, 0.15) is 22.0 Å². The molecule has 4 rings (SSSR count). The number of halogens is 2. The van der Waals surface area contributed by atoms with E-state index in [1.165, 1.54) is 0 Å². The summed E-state index contributed by atoms with van der Waals surface area (Å²) in [7, 11) is 0. The van der Waals surface area contributed by atoms with Crippen molar-refractivity contribution < 1.29 is 9.18 Å². The van der Waals surface area contributed by atoms with E-state index in [-0.39, 0.29) is 16.7 Å². The van der Waals surface area contributed by atoms with Crippen molar-refractivity contribution in [3.63, 3.8) is 0 Å². The number of piperazine rings is 1. The number of aryl methyl sites for hydroxylation is 1. The maximum absolute atomic E-state index is 14.3. The maximum Gasteiger partial charge on any atom is 0.271 e. The third-order valence-electron chi connectivity index (χ3n) is 5.86. The van der Waals surface area contributed by atoms with Crippen LogP contribution in [0.2, 0.25) is 5.02 Å². The predicted octanol–water partition coefficient (Wildman–Crippen LogP) is 3.83. The van der Waals surface area contributed by atoms with Gasteiger partial charge in [0.25, 0.3) is 5.91 Å². The molecule has 0 aliphatic carbocycles. The van der Waals surface area contributed by atoms with E-state index in [0.717, 1.165) is 36.8 Å². The first-order valence-electron chi connectivity index (χ1n) is 10.8. The molecule has 0 atom stereocenters. The topological polar surface area (TPSA) is 53.4 Å². The summed E-state index contributed by atoms with van der Waals surface area (Å²) in [4.78, 5) is 21.5. The molecule has 3 aromatic rings. The van der Waals surface area contributed by atoms with Crippen molar-refractivity contribution in [1.82, 2.24) is 19.8 Å². The van der Waals surface area contributed by atoms with Gasteiger partial charge in [-0.15, -0.1) is 0 Å². The van der Waals surface area contributed by atoms with Crippen LogP contribution in [-0.4, -0.2) is 59.6 Å². The average molecular weight is 456 g/mol. The number of carbonyl (C=O) groups excluding carboxylic acids is 1. The standard InChI is InChI=1S/C24H27ClFN5O/c1-17-23(28-18(2)31(17)19-7-4-3-5-8-19)24(32)27-11-12-29-13-15-30(16-14-29)21-10-6-9-20(25)22(21)26/h3-10H,11-16H2,1-2H3,(H,27,32). The minimum Gasteiger partial charge on any atom is -0.367 e. The Morgan fingerprint density at radius 3 is 2.50 bits per heavy atom. The summed E-state index contributed by atoms with van der Waals surface area (Å²) in [5.41, 5.74) is 2.81. The first-order chi connectivity index (χ1) is 15.5. The average Bonchev–Trinajstić information content (AvgIpc) is 3.10. The molecule has 0 spiro atoms. The lowest BCUT2D eigenvalue weighted by atomic mass is 10.2. The van der Waals surface area contributed by atoms with E-state index in [9.17, 15) is 9.18 Å². The van der Waals surface area contributed by atoms with Crippen molar-refractivity contribution in [2.45, 2.75) is 13.8 Å². The van der Waals surface area contributed by atoms with Crippen LogP contribution in [0.25, 0.3) is 5.69 Å². The summed E-state index contributed by atoms with van der Waals surface area (Å²) in [6.07, 6.45) is 0. The van der Waals surface area contributed by atoms with Crippen LogP contribution in [0.4, 0.5) is 10.1 Å². The molecule has 1 aliphatic heterocycles. The van der Waals surface area contributed by atoms with Crippen molar-refractivity contribution in [2.75, 3.05) is 44.2 Å². The van der Waals surface area contributed by atoms with E-state index in [4.69, 9.17) is 11.6 Å². The van der Waals surface area contributed by atoms with E-state index in [1.54, 1.807) is 18.2 Å². The van der Waals surface area contributed by atoms with Gasteiger partial charge in [-0.05, 0) is 38.1 Å². The van der Waals surface area contributed by atoms with Crippen LogP contribution in [-0.2, 0) is 0 Å². The molecule has 0 radical (unpaired) electrons. The third-order valence-corrected chi connectivity index (χ3v) is 6.15. The molecule has 2 heterocycles. The summed E-state index contributed by atoms with van der Waals surface area (Å²) in [6.45, 7) is 8.09. The Morgan fingerprint density at radius 2 is 1.78 bits per heavy atom. The molecule has 1 amide bonds. The van der Waals surface area contributed by atoms with Crippen LogP contribution in [0.5, 0.6) is 0 Å². The molecule has 2 aromatic carbocycles. The number of nitrogens with zero attached hydrogens (tertiary/aromatic N) is 4. The van der Waals surface area contributed by atoms with Crippen molar-refractivity contribution in [2.24, 2.45) is 0 Å². The number of hydrogen-bond donors (Lipinski definition) is 1. The van der Waals surface area contributed by atoms with Crippen molar-refractivity contribution in [1.29, 1.82) is 0 Å². The monoisotopic (exact) mass is 455 g/mol. The number of rotatable bonds is 6. The molecule has 6 nitrogen and oxygen atoms in total. The maximum atomic E-state index is 14.3. The van der Waals surface area contributed by atoms with Crippen molar-refractivity contribution >= 4 is 23.2 Å². The summed E-state index contributed by atoms with van der Waals surface area (Å²) < 4.78 is 16.3. The number of carbonyl (C=O) groups is 1. The van der Waals surface area contributed by atoms with Gasteiger partial charge >= 0.3 is 0 Å². The second-order valence-corrected chi connectivity index (χ2v) is 8.33. The van der Waals surface area contributed by atoms with Gasteiger partial charge in [0.2, 0.25) is 0 Å². The molecule has 0 unspecified atom stereocenters. The van der Waals surface area contributed by atoms with Crippen LogP contribution in [0, 0.1) is 19.7 Å². The minimum absolute atomic E-state index is 0.146. The normalized spacial score (nSPS) is 14.6. The lowest BCUT2D eigenvalue weighted by molar-refractivity contribution is 0.0942. The molecule has 1 fully saturated rings. The van der Waals surface area contributed by atoms with Gasteiger partial charge in [0.05, 0.1) is 16.4 Å². The highest BCUT2D eigenvalue weighted by molar-refractivity contribution is 6.31. The molecule has 8 heteroatoms. The second-order valence-electron chi connectivity index (χ2n) is 7.92. The van der Waals surface area contributed by atoms with Crippen LogP contribution >= 0.6 is 11.6 Å². The second kappa shape index (κ2) is 9.71. The molecule has 1 aromatic heterocycles. The summed E-state index contributed by atoms with van der Waals surface area (Å²) in [5.74, 6) is 0.249. The van der Waals surface area contributed by atoms with Gasteiger partial charge in [-0.1, -0.05) is 35.9 Å². The zero-order valence-corrected chi connectivity index (χ0v) is 19.1. The van der Waals surface area contributed by atoms with E-state index in [1.807, 2.05) is 53.6 Å². The number of hydrogen-bond acceptors (Lipinski definition) is 4. The fraction of sp³-hybridized carbons (Fsp3) is 0.333. The fourth-order valence-corrected chi connectivity index (χ4v) is 4.34. The van der Waals surface area contributed by atoms with Crippen molar-refractivity contribution in [3.8, 4) is 5.69 Å². The quantitative estimate of drug-likeness (QED) is 0.613.